The molecule has 0 radical (unpaired) electrons. The van der Waals surface area contributed by atoms with E-state index in [0.717, 1.165) is 33.5 Å². The Balaban J connectivity index is 2.01. The van der Waals surface area contributed by atoms with Crippen LogP contribution in [-0.4, -0.2) is 14.6 Å². The third-order valence-corrected chi connectivity index (χ3v) is 4.12. The van der Waals surface area contributed by atoms with Gasteiger partial charge in [0.25, 0.3) is 0 Å². The molecule has 4 aromatic rings. The van der Waals surface area contributed by atoms with Crippen molar-refractivity contribution < 1.29 is 4.39 Å². The van der Waals surface area contributed by atoms with Crippen LogP contribution in [0.3, 0.4) is 0 Å². The van der Waals surface area contributed by atoms with Gasteiger partial charge in [-0.15, -0.1) is 0 Å². The van der Waals surface area contributed by atoms with Gasteiger partial charge in [-0.3, -0.25) is 0 Å². The van der Waals surface area contributed by atoms with Gasteiger partial charge in [-0.05, 0) is 48.0 Å². The van der Waals surface area contributed by atoms with E-state index in [4.69, 9.17) is 16.6 Å². The number of hydrogen-bond acceptors (Lipinski definition) is 4. The molecule has 0 saturated carbocycles. The van der Waals surface area contributed by atoms with Crippen LogP contribution >= 0.6 is 0 Å². The summed E-state index contributed by atoms with van der Waals surface area (Å²) >= 11 is 0. The van der Waals surface area contributed by atoms with Gasteiger partial charge in [0, 0.05) is 35.6 Å². The minimum atomic E-state index is -0.284. The number of anilines is 1. The Kier molecular flexibility index (Phi) is 3.66. The Morgan fingerprint density at radius 1 is 0.960 bits per heavy atom. The van der Waals surface area contributed by atoms with Gasteiger partial charge < -0.3 is 11.5 Å². The number of halogens is 1. The van der Waals surface area contributed by atoms with Crippen LogP contribution in [0.1, 0.15) is 5.56 Å². The maximum absolute atomic E-state index is 13.3. The summed E-state index contributed by atoms with van der Waals surface area (Å²) in [6, 6.07) is 13.9. The lowest BCUT2D eigenvalue weighted by atomic mass is 10.0. The second-order valence-corrected chi connectivity index (χ2v) is 5.77. The van der Waals surface area contributed by atoms with Crippen molar-refractivity contribution in [2.75, 3.05) is 5.73 Å². The van der Waals surface area contributed by atoms with Crippen molar-refractivity contribution in [3.63, 3.8) is 0 Å². The van der Waals surface area contributed by atoms with E-state index in [0.29, 0.717) is 12.4 Å². The molecule has 0 spiro atoms. The Bertz CT molecular complexity index is 1040. The van der Waals surface area contributed by atoms with Crippen molar-refractivity contribution >= 4 is 11.3 Å². The lowest BCUT2D eigenvalue weighted by molar-refractivity contribution is 0.628. The zero-order valence-corrected chi connectivity index (χ0v) is 13.4. The standard InChI is InChI=1S/C19H16FN5/c20-15-5-2-13(3-6-15)19-18(14-4-8-17(22)23-10-14)16-7-1-12(9-21)11-25(16)24-19/h1-8,10-11H,9,21H2,(H2,22,23). The summed E-state index contributed by atoms with van der Waals surface area (Å²) in [4.78, 5) is 4.19. The predicted molar refractivity (Wildman–Crippen MR) is 96.1 cm³/mol. The van der Waals surface area contributed by atoms with Crippen molar-refractivity contribution in [3.05, 3.63) is 72.3 Å². The number of nitrogens with zero attached hydrogens (tertiary/aromatic N) is 3. The number of pyridine rings is 2. The second-order valence-electron chi connectivity index (χ2n) is 5.77. The molecule has 0 aliphatic carbocycles. The third kappa shape index (κ3) is 2.72. The van der Waals surface area contributed by atoms with E-state index in [1.54, 1.807) is 28.9 Å². The van der Waals surface area contributed by atoms with E-state index < -0.39 is 0 Å². The van der Waals surface area contributed by atoms with Gasteiger partial charge >= 0.3 is 0 Å². The van der Waals surface area contributed by atoms with Gasteiger partial charge in [0.2, 0.25) is 0 Å². The fourth-order valence-corrected chi connectivity index (χ4v) is 2.86. The summed E-state index contributed by atoms with van der Waals surface area (Å²) < 4.78 is 15.1. The second kappa shape index (κ2) is 5.99. The number of fused-ring (bicyclic) bond motifs is 1. The summed E-state index contributed by atoms with van der Waals surface area (Å²) in [5.74, 6) is 0.169. The van der Waals surface area contributed by atoms with Crippen LogP contribution in [0.2, 0.25) is 0 Å². The highest BCUT2D eigenvalue weighted by molar-refractivity contribution is 5.92. The molecule has 3 aromatic heterocycles. The highest BCUT2D eigenvalue weighted by Crippen LogP contribution is 2.35. The van der Waals surface area contributed by atoms with Crippen molar-refractivity contribution in [1.82, 2.24) is 14.6 Å². The Hall–Kier alpha value is -3.25. The van der Waals surface area contributed by atoms with Crippen LogP contribution in [0.5, 0.6) is 0 Å². The van der Waals surface area contributed by atoms with Gasteiger partial charge in [0.15, 0.2) is 0 Å². The third-order valence-electron chi connectivity index (χ3n) is 4.12. The number of rotatable bonds is 3. The number of aromatic nitrogens is 3. The van der Waals surface area contributed by atoms with E-state index in [2.05, 4.69) is 4.98 Å². The molecule has 0 atom stereocenters. The molecule has 6 heteroatoms. The minimum absolute atomic E-state index is 0.284. The molecule has 0 aliphatic rings. The number of nitrogen functional groups attached to an aromatic ring is 1. The van der Waals surface area contributed by atoms with E-state index in [9.17, 15) is 4.39 Å². The summed E-state index contributed by atoms with van der Waals surface area (Å²) in [7, 11) is 0. The van der Waals surface area contributed by atoms with Crippen molar-refractivity contribution in [1.29, 1.82) is 0 Å². The average molecular weight is 333 g/mol. The number of nitrogens with two attached hydrogens (primary N) is 2. The Morgan fingerprint density at radius 3 is 2.40 bits per heavy atom. The molecule has 0 saturated heterocycles. The smallest absolute Gasteiger partial charge is 0.123 e. The molecule has 0 fully saturated rings. The van der Waals surface area contributed by atoms with Gasteiger partial charge in [0.1, 0.15) is 17.3 Å². The number of benzene rings is 1. The number of hydrogen-bond donors (Lipinski definition) is 2. The predicted octanol–water partition coefficient (Wildman–Crippen LogP) is 3.24. The molecule has 0 aliphatic heterocycles. The van der Waals surface area contributed by atoms with E-state index in [1.165, 1.54) is 12.1 Å². The van der Waals surface area contributed by atoms with Crippen molar-refractivity contribution in [3.8, 4) is 22.4 Å². The molecule has 4 rings (SSSR count). The molecule has 0 unspecified atom stereocenters. The van der Waals surface area contributed by atoms with E-state index in [-0.39, 0.29) is 5.82 Å². The molecule has 0 amide bonds. The van der Waals surface area contributed by atoms with Gasteiger partial charge in [-0.2, -0.15) is 5.10 Å². The molecular formula is C19H16FN5. The van der Waals surface area contributed by atoms with Crippen molar-refractivity contribution in [2.24, 2.45) is 5.73 Å². The fourth-order valence-electron chi connectivity index (χ4n) is 2.86. The first-order valence-electron chi connectivity index (χ1n) is 7.85. The molecule has 25 heavy (non-hydrogen) atoms. The highest BCUT2D eigenvalue weighted by atomic mass is 19.1. The minimum Gasteiger partial charge on any atom is -0.384 e. The Labute approximate surface area is 143 Å². The van der Waals surface area contributed by atoms with Gasteiger partial charge in [-0.1, -0.05) is 6.07 Å². The fraction of sp³-hybridized carbons (Fsp3) is 0.0526. The molecule has 4 N–H and O–H groups in total. The molecule has 124 valence electrons. The summed E-state index contributed by atoms with van der Waals surface area (Å²) in [6.45, 7) is 0.431. The van der Waals surface area contributed by atoms with E-state index in [1.807, 2.05) is 24.4 Å². The van der Waals surface area contributed by atoms with Crippen molar-refractivity contribution in [2.45, 2.75) is 6.54 Å². The normalized spacial score (nSPS) is 11.1. The van der Waals surface area contributed by atoms with Crippen LogP contribution in [0, 0.1) is 5.82 Å². The van der Waals surface area contributed by atoms with E-state index >= 15 is 0 Å². The van der Waals surface area contributed by atoms with Crippen LogP contribution in [0.15, 0.2) is 60.9 Å². The van der Waals surface area contributed by atoms with Gasteiger partial charge in [0.05, 0.1) is 5.52 Å². The summed E-state index contributed by atoms with van der Waals surface area (Å²) in [6.07, 6.45) is 3.62. The Morgan fingerprint density at radius 2 is 1.72 bits per heavy atom. The lowest BCUT2D eigenvalue weighted by Crippen LogP contribution is -1.98. The molecule has 3 heterocycles. The highest BCUT2D eigenvalue weighted by Gasteiger charge is 2.17. The van der Waals surface area contributed by atoms with Gasteiger partial charge in [-0.25, -0.2) is 13.9 Å². The average Bonchev–Trinajstić information content (AvgIpc) is 3.01. The van der Waals surface area contributed by atoms with Crippen LogP contribution in [0.4, 0.5) is 10.2 Å². The SMILES string of the molecule is NCc1ccc2c(-c3ccc(N)nc3)c(-c3ccc(F)cc3)nn2c1. The summed E-state index contributed by atoms with van der Waals surface area (Å²) in [5, 5.41) is 4.70. The topological polar surface area (TPSA) is 82.2 Å². The van der Waals surface area contributed by atoms with Crippen LogP contribution in [-0.2, 0) is 6.54 Å². The summed E-state index contributed by atoms with van der Waals surface area (Å²) in [5.41, 5.74) is 16.7. The monoisotopic (exact) mass is 333 g/mol. The van der Waals surface area contributed by atoms with Crippen LogP contribution < -0.4 is 11.5 Å². The zero-order valence-electron chi connectivity index (χ0n) is 13.4. The molecule has 0 bridgehead atoms. The lowest BCUT2D eigenvalue weighted by Gasteiger charge is -2.04. The maximum Gasteiger partial charge on any atom is 0.123 e. The first-order chi connectivity index (χ1) is 12.2. The molecule has 5 nitrogen and oxygen atoms in total. The zero-order chi connectivity index (χ0) is 17.4. The molecular weight excluding hydrogens is 317 g/mol. The first kappa shape index (κ1) is 15.3. The largest absolute Gasteiger partial charge is 0.384 e. The first-order valence-corrected chi connectivity index (χ1v) is 7.85. The van der Waals surface area contributed by atoms with Crippen LogP contribution in [0.25, 0.3) is 27.9 Å². The quantitative estimate of drug-likeness (QED) is 0.603. The molecule has 1 aromatic carbocycles. The maximum atomic E-state index is 13.3.